The Morgan fingerprint density at radius 1 is 1.06 bits per heavy atom. The summed E-state index contributed by atoms with van der Waals surface area (Å²) in [5, 5.41) is 0. The molecule has 2 aromatic rings. The van der Waals surface area contributed by atoms with Crippen molar-refractivity contribution in [1.29, 1.82) is 0 Å². The molecule has 0 radical (unpaired) electrons. The van der Waals surface area contributed by atoms with Crippen LogP contribution >= 0.6 is 11.8 Å². The zero-order valence-corrected chi connectivity index (χ0v) is 10.5. The Morgan fingerprint density at radius 3 is 2.56 bits per heavy atom. The van der Waals surface area contributed by atoms with Crippen molar-refractivity contribution >= 4 is 11.8 Å². The highest BCUT2D eigenvalue weighted by molar-refractivity contribution is 7.99. The van der Waals surface area contributed by atoms with E-state index >= 15 is 0 Å². The minimum Gasteiger partial charge on any atom is -0.330 e. The number of rotatable bonds is 4. The quantitative estimate of drug-likeness (QED) is 0.913. The van der Waals surface area contributed by atoms with E-state index in [1.165, 1.54) is 30.0 Å². The predicted molar refractivity (Wildman–Crippen MR) is 69.7 cm³/mol. The van der Waals surface area contributed by atoms with Crippen molar-refractivity contribution in [3.63, 3.8) is 0 Å². The predicted octanol–water partition coefficient (Wildman–Crippen LogP) is 3.62. The van der Waals surface area contributed by atoms with Gasteiger partial charge in [0.1, 0.15) is 11.6 Å². The summed E-state index contributed by atoms with van der Waals surface area (Å²) in [6, 6.07) is 11.0. The maximum Gasteiger partial charge on any atom is 0.137 e. The lowest BCUT2D eigenvalue weighted by atomic mass is 10.1. The van der Waals surface area contributed by atoms with Crippen molar-refractivity contribution in [2.24, 2.45) is 5.73 Å². The van der Waals surface area contributed by atoms with E-state index in [1.807, 2.05) is 6.07 Å². The highest BCUT2D eigenvalue weighted by Gasteiger charge is 2.10. The summed E-state index contributed by atoms with van der Waals surface area (Å²) < 4.78 is 26.9. The van der Waals surface area contributed by atoms with Gasteiger partial charge in [-0.15, -0.1) is 0 Å². The lowest BCUT2D eigenvalue weighted by Crippen LogP contribution is -2.04. The van der Waals surface area contributed by atoms with Crippen LogP contribution in [0.4, 0.5) is 8.78 Å². The van der Waals surface area contributed by atoms with Crippen LogP contribution in [0.2, 0.25) is 0 Å². The highest BCUT2D eigenvalue weighted by Crippen LogP contribution is 2.33. The van der Waals surface area contributed by atoms with Crippen molar-refractivity contribution < 1.29 is 8.78 Å². The molecule has 2 N–H and O–H groups in total. The number of hydrogen-bond donors (Lipinski definition) is 1. The van der Waals surface area contributed by atoms with Gasteiger partial charge in [0.15, 0.2) is 0 Å². The first kappa shape index (κ1) is 13.1. The molecule has 0 bridgehead atoms. The third-order valence-corrected chi connectivity index (χ3v) is 3.63. The topological polar surface area (TPSA) is 26.0 Å². The van der Waals surface area contributed by atoms with Crippen molar-refractivity contribution in [3.8, 4) is 0 Å². The monoisotopic (exact) mass is 265 g/mol. The van der Waals surface area contributed by atoms with Crippen molar-refractivity contribution in [2.45, 2.75) is 16.2 Å². The fourth-order valence-corrected chi connectivity index (χ4v) is 2.69. The van der Waals surface area contributed by atoms with E-state index in [4.69, 9.17) is 5.73 Å². The van der Waals surface area contributed by atoms with Crippen molar-refractivity contribution in [3.05, 3.63) is 59.7 Å². The number of benzene rings is 2. The molecular formula is C14H13F2NS. The first-order chi connectivity index (χ1) is 8.70. The molecule has 0 unspecified atom stereocenters. The normalized spacial score (nSPS) is 10.6. The van der Waals surface area contributed by atoms with E-state index in [2.05, 4.69) is 0 Å². The lowest BCUT2D eigenvalue weighted by Gasteiger charge is -2.09. The van der Waals surface area contributed by atoms with E-state index in [0.717, 1.165) is 5.56 Å². The largest absolute Gasteiger partial charge is 0.330 e. The molecule has 0 aromatic heterocycles. The Balaban J connectivity index is 2.33. The standard InChI is InChI=1S/C14H13F2NS/c15-11-4-2-5-12(9-11)18-14-10(7-8-17)3-1-6-13(14)16/h1-6,9H,7-8,17H2. The molecule has 0 aliphatic heterocycles. The van der Waals surface area contributed by atoms with Gasteiger partial charge in [0.2, 0.25) is 0 Å². The van der Waals surface area contributed by atoms with Crippen LogP contribution in [0.5, 0.6) is 0 Å². The van der Waals surface area contributed by atoms with Gasteiger partial charge in [0.05, 0.1) is 4.90 Å². The van der Waals surface area contributed by atoms with Crippen molar-refractivity contribution in [1.82, 2.24) is 0 Å². The zero-order valence-electron chi connectivity index (χ0n) is 9.70. The maximum absolute atomic E-state index is 13.8. The van der Waals surface area contributed by atoms with Crippen LogP contribution in [-0.2, 0) is 6.42 Å². The Hall–Kier alpha value is -1.39. The van der Waals surface area contributed by atoms with E-state index in [9.17, 15) is 8.78 Å². The van der Waals surface area contributed by atoms with E-state index in [-0.39, 0.29) is 11.6 Å². The molecule has 4 heteroatoms. The average Bonchev–Trinajstić information content (AvgIpc) is 2.34. The van der Waals surface area contributed by atoms with Gasteiger partial charge in [0, 0.05) is 4.90 Å². The first-order valence-corrected chi connectivity index (χ1v) is 6.43. The molecule has 0 amide bonds. The molecule has 0 atom stereocenters. The fourth-order valence-electron chi connectivity index (χ4n) is 1.67. The number of halogens is 2. The average molecular weight is 265 g/mol. The van der Waals surface area contributed by atoms with Crippen LogP contribution < -0.4 is 5.73 Å². The summed E-state index contributed by atoms with van der Waals surface area (Å²) in [6.07, 6.45) is 0.607. The molecule has 0 aliphatic carbocycles. The third kappa shape index (κ3) is 3.09. The third-order valence-electron chi connectivity index (χ3n) is 2.48. The fraction of sp³-hybridized carbons (Fsp3) is 0.143. The van der Waals surface area contributed by atoms with Gasteiger partial charge < -0.3 is 5.73 Å². The van der Waals surface area contributed by atoms with Gasteiger partial charge in [-0.2, -0.15) is 0 Å². The molecule has 2 aromatic carbocycles. The van der Waals surface area contributed by atoms with Gasteiger partial charge in [-0.1, -0.05) is 30.0 Å². The Bertz CT molecular complexity index is 543. The smallest absolute Gasteiger partial charge is 0.137 e. The Labute approximate surface area is 109 Å². The molecule has 0 spiro atoms. The van der Waals surface area contributed by atoms with E-state index in [0.29, 0.717) is 22.8 Å². The zero-order chi connectivity index (χ0) is 13.0. The van der Waals surface area contributed by atoms with Crippen LogP contribution in [-0.4, -0.2) is 6.54 Å². The van der Waals surface area contributed by atoms with E-state index in [1.54, 1.807) is 18.2 Å². The Morgan fingerprint density at radius 2 is 1.83 bits per heavy atom. The van der Waals surface area contributed by atoms with Gasteiger partial charge in [-0.3, -0.25) is 0 Å². The maximum atomic E-state index is 13.8. The molecule has 0 fully saturated rings. The van der Waals surface area contributed by atoms with Crippen LogP contribution in [0.25, 0.3) is 0 Å². The summed E-state index contributed by atoms with van der Waals surface area (Å²) in [6.45, 7) is 0.458. The van der Waals surface area contributed by atoms with Crippen molar-refractivity contribution in [2.75, 3.05) is 6.54 Å². The summed E-state index contributed by atoms with van der Waals surface area (Å²) >= 11 is 1.22. The summed E-state index contributed by atoms with van der Waals surface area (Å²) in [5.41, 5.74) is 6.36. The molecule has 94 valence electrons. The second kappa shape index (κ2) is 5.98. The molecular weight excluding hydrogens is 252 g/mol. The minimum absolute atomic E-state index is 0.296. The molecule has 0 aliphatic rings. The SMILES string of the molecule is NCCc1cccc(F)c1Sc1cccc(F)c1. The summed E-state index contributed by atoms with van der Waals surface area (Å²) in [4.78, 5) is 1.20. The molecule has 1 nitrogen and oxygen atoms in total. The van der Waals surface area contributed by atoms with Crippen LogP contribution in [0.1, 0.15) is 5.56 Å². The summed E-state index contributed by atoms with van der Waals surface area (Å²) in [5.74, 6) is -0.619. The van der Waals surface area contributed by atoms with Gasteiger partial charge in [0.25, 0.3) is 0 Å². The lowest BCUT2D eigenvalue weighted by molar-refractivity contribution is 0.596. The van der Waals surface area contributed by atoms with Gasteiger partial charge >= 0.3 is 0 Å². The number of hydrogen-bond acceptors (Lipinski definition) is 2. The van der Waals surface area contributed by atoms with Crippen LogP contribution in [0, 0.1) is 11.6 Å². The number of nitrogens with two attached hydrogens (primary N) is 1. The second-order valence-corrected chi connectivity index (χ2v) is 4.91. The minimum atomic E-state index is -0.322. The van der Waals surface area contributed by atoms with Gasteiger partial charge in [-0.05, 0) is 42.8 Å². The Kier molecular flexibility index (Phi) is 4.33. The molecule has 18 heavy (non-hydrogen) atoms. The van der Waals surface area contributed by atoms with Crippen LogP contribution in [0.15, 0.2) is 52.3 Å². The second-order valence-electron chi connectivity index (χ2n) is 3.83. The van der Waals surface area contributed by atoms with E-state index < -0.39 is 0 Å². The molecule has 0 saturated carbocycles. The van der Waals surface area contributed by atoms with Crippen LogP contribution in [0.3, 0.4) is 0 Å². The first-order valence-electron chi connectivity index (χ1n) is 5.61. The summed E-state index contributed by atoms with van der Waals surface area (Å²) in [7, 11) is 0. The highest BCUT2D eigenvalue weighted by atomic mass is 32.2. The molecule has 0 heterocycles. The molecule has 0 saturated heterocycles. The van der Waals surface area contributed by atoms with Gasteiger partial charge in [-0.25, -0.2) is 8.78 Å². The molecule has 2 rings (SSSR count).